The van der Waals surface area contributed by atoms with Crippen LogP contribution in [0.3, 0.4) is 0 Å². The SMILES string of the molecule is CC(=O)C1CCC2C3C(=O)C=C4CC(O)CCC4(C)C3C(=O)CC12C. The van der Waals surface area contributed by atoms with E-state index in [-0.39, 0.29) is 51.9 Å². The van der Waals surface area contributed by atoms with E-state index in [1.165, 1.54) is 0 Å². The Kier molecular flexibility index (Phi) is 3.67. The molecule has 7 atom stereocenters. The summed E-state index contributed by atoms with van der Waals surface area (Å²) in [7, 11) is 0. The second-order valence-corrected chi connectivity index (χ2v) is 9.39. The highest BCUT2D eigenvalue weighted by molar-refractivity contribution is 6.01. The van der Waals surface area contributed by atoms with E-state index in [4.69, 9.17) is 0 Å². The molecule has 0 aliphatic heterocycles. The van der Waals surface area contributed by atoms with Crippen molar-refractivity contribution in [3.8, 4) is 0 Å². The summed E-state index contributed by atoms with van der Waals surface area (Å²) in [5.74, 6) is -0.145. The summed E-state index contributed by atoms with van der Waals surface area (Å²) in [6, 6.07) is 0. The number of ketones is 3. The molecule has 0 bridgehead atoms. The zero-order valence-corrected chi connectivity index (χ0v) is 15.4. The summed E-state index contributed by atoms with van der Waals surface area (Å²) in [5.41, 5.74) is 0.302. The molecule has 25 heavy (non-hydrogen) atoms. The second-order valence-electron chi connectivity index (χ2n) is 9.39. The van der Waals surface area contributed by atoms with Crippen molar-refractivity contribution in [1.29, 1.82) is 0 Å². The average Bonchev–Trinajstić information content (AvgIpc) is 2.85. The minimum Gasteiger partial charge on any atom is -0.393 e. The Morgan fingerprint density at radius 2 is 1.92 bits per heavy atom. The van der Waals surface area contributed by atoms with Crippen molar-refractivity contribution in [2.24, 2.45) is 34.5 Å². The minimum atomic E-state index is -0.402. The molecule has 4 heteroatoms. The molecule has 4 aliphatic carbocycles. The van der Waals surface area contributed by atoms with Gasteiger partial charge in [-0.15, -0.1) is 0 Å². The number of rotatable bonds is 1. The Bertz CT molecular complexity index is 692. The molecule has 0 aromatic rings. The van der Waals surface area contributed by atoms with E-state index in [0.29, 0.717) is 19.3 Å². The number of carbonyl (C=O) groups excluding carboxylic acids is 3. The number of carbonyl (C=O) groups is 3. The topological polar surface area (TPSA) is 71.4 Å². The van der Waals surface area contributed by atoms with Crippen LogP contribution in [-0.2, 0) is 14.4 Å². The van der Waals surface area contributed by atoms with Gasteiger partial charge in [-0.25, -0.2) is 0 Å². The van der Waals surface area contributed by atoms with Gasteiger partial charge in [-0.3, -0.25) is 14.4 Å². The van der Waals surface area contributed by atoms with Gasteiger partial charge in [-0.2, -0.15) is 0 Å². The molecule has 3 fully saturated rings. The highest BCUT2D eigenvalue weighted by atomic mass is 16.3. The van der Waals surface area contributed by atoms with E-state index in [1.807, 2.05) is 0 Å². The monoisotopic (exact) mass is 344 g/mol. The molecule has 1 N–H and O–H groups in total. The van der Waals surface area contributed by atoms with Crippen LogP contribution in [0, 0.1) is 34.5 Å². The number of hydrogen-bond donors (Lipinski definition) is 1. The van der Waals surface area contributed by atoms with E-state index in [2.05, 4.69) is 13.8 Å². The summed E-state index contributed by atoms with van der Waals surface area (Å²) >= 11 is 0. The van der Waals surface area contributed by atoms with Crippen LogP contribution in [0.25, 0.3) is 0 Å². The molecule has 4 aliphatic rings. The van der Waals surface area contributed by atoms with Crippen molar-refractivity contribution in [2.75, 3.05) is 0 Å². The maximum atomic E-state index is 13.3. The first-order chi connectivity index (χ1) is 11.7. The van der Waals surface area contributed by atoms with Gasteiger partial charge in [0.15, 0.2) is 5.78 Å². The molecular weight excluding hydrogens is 316 g/mol. The summed E-state index contributed by atoms with van der Waals surface area (Å²) in [6.07, 6.45) is 5.38. The average molecular weight is 344 g/mol. The van der Waals surface area contributed by atoms with Crippen molar-refractivity contribution in [1.82, 2.24) is 0 Å². The molecule has 0 radical (unpaired) electrons. The first kappa shape index (κ1) is 17.1. The van der Waals surface area contributed by atoms with Crippen molar-refractivity contribution < 1.29 is 19.5 Å². The van der Waals surface area contributed by atoms with Gasteiger partial charge in [-0.1, -0.05) is 19.4 Å². The molecule has 3 saturated carbocycles. The fraction of sp³-hybridized carbons (Fsp3) is 0.762. The molecular formula is C21H28O4. The molecule has 0 spiro atoms. The lowest BCUT2D eigenvalue weighted by Gasteiger charge is -2.55. The molecule has 0 amide bonds. The van der Waals surface area contributed by atoms with Crippen LogP contribution in [0.15, 0.2) is 11.6 Å². The summed E-state index contributed by atoms with van der Waals surface area (Å²) in [6.45, 7) is 5.80. The third-order valence-corrected chi connectivity index (χ3v) is 8.11. The minimum absolute atomic E-state index is 0.0556. The van der Waals surface area contributed by atoms with Crippen LogP contribution in [0.2, 0.25) is 0 Å². The maximum Gasteiger partial charge on any atom is 0.159 e. The smallest absolute Gasteiger partial charge is 0.159 e. The number of allylic oxidation sites excluding steroid dienone is 1. The molecule has 136 valence electrons. The summed E-state index contributed by atoms with van der Waals surface area (Å²) in [5, 5.41) is 10.0. The highest BCUT2D eigenvalue weighted by Crippen LogP contribution is 2.64. The lowest BCUT2D eigenvalue weighted by molar-refractivity contribution is -0.153. The number of aliphatic hydroxyl groups is 1. The first-order valence-electron chi connectivity index (χ1n) is 9.64. The third kappa shape index (κ3) is 2.19. The predicted octanol–water partition coefficient (Wildman–Crippen LogP) is 2.87. The summed E-state index contributed by atoms with van der Waals surface area (Å²) < 4.78 is 0. The number of hydrogen-bond acceptors (Lipinski definition) is 4. The standard InChI is InChI=1S/C21H28O4/c1-11(22)14-4-5-15-18-16(24)9-12-8-13(23)6-7-20(12,2)19(18)17(25)10-21(14,15)3/h9,13-15,18-19,23H,4-8,10H2,1-3H3. The Morgan fingerprint density at radius 3 is 2.60 bits per heavy atom. The number of fused-ring (bicyclic) bond motifs is 5. The first-order valence-corrected chi connectivity index (χ1v) is 9.64. The molecule has 0 aromatic carbocycles. The Labute approximate surface area is 149 Å². The molecule has 0 aromatic heterocycles. The van der Waals surface area contributed by atoms with Crippen LogP contribution < -0.4 is 0 Å². The van der Waals surface area contributed by atoms with Crippen LogP contribution in [-0.4, -0.2) is 28.6 Å². The summed E-state index contributed by atoms with van der Waals surface area (Å²) in [4.78, 5) is 38.5. The van der Waals surface area contributed by atoms with Gasteiger partial charge >= 0.3 is 0 Å². The van der Waals surface area contributed by atoms with Gasteiger partial charge < -0.3 is 5.11 Å². The molecule has 7 unspecified atom stereocenters. The van der Waals surface area contributed by atoms with E-state index < -0.39 is 6.10 Å². The van der Waals surface area contributed by atoms with Gasteiger partial charge in [0.05, 0.1) is 6.10 Å². The largest absolute Gasteiger partial charge is 0.393 e. The van der Waals surface area contributed by atoms with Gasteiger partial charge in [0, 0.05) is 24.2 Å². The third-order valence-electron chi connectivity index (χ3n) is 8.11. The zero-order valence-electron chi connectivity index (χ0n) is 15.4. The Balaban J connectivity index is 1.79. The lowest BCUT2D eigenvalue weighted by Crippen LogP contribution is -2.57. The van der Waals surface area contributed by atoms with Crippen molar-refractivity contribution in [3.63, 3.8) is 0 Å². The van der Waals surface area contributed by atoms with Crippen molar-refractivity contribution in [3.05, 3.63) is 11.6 Å². The predicted molar refractivity (Wildman–Crippen MR) is 92.7 cm³/mol. The van der Waals surface area contributed by atoms with E-state index >= 15 is 0 Å². The zero-order chi connectivity index (χ0) is 18.1. The molecule has 0 heterocycles. The Hall–Kier alpha value is -1.29. The maximum absolute atomic E-state index is 13.3. The Morgan fingerprint density at radius 1 is 1.20 bits per heavy atom. The van der Waals surface area contributed by atoms with Crippen LogP contribution >= 0.6 is 0 Å². The van der Waals surface area contributed by atoms with Crippen LogP contribution in [0.1, 0.15) is 59.3 Å². The van der Waals surface area contributed by atoms with Gasteiger partial charge in [-0.05, 0) is 61.9 Å². The highest BCUT2D eigenvalue weighted by Gasteiger charge is 2.64. The number of Topliss-reactive ketones (excluding diaryl/α,β-unsaturated/α-hetero) is 2. The van der Waals surface area contributed by atoms with Crippen molar-refractivity contribution in [2.45, 2.75) is 65.4 Å². The van der Waals surface area contributed by atoms with Gasteiger partial charge in [0.25, 0.3) is 0 Å². The van der Waals surface area contributed by atoms with Crippen molar-refractivity contribution >= 4 is 17.3 Å². The van der Waals surface area contributed by atoms with E-state index in [9.17, 15) is 19.5 Å². The molecule has 4 rings (SSSR count). The normalized spacial score (nSPS) is 49.1. The van der Waals surface area contributed by atoms with Crippen LogP contribution in [0.4, 0.5) is 0 Å². The molecule has 4 nitrogen and oxygen atoms in total. The fourth-order valence-electron chi connectivity index (χ4n) is 6.87. The van der Waals surface area contributed by atoms with E-state index in [1.54, 1.807) is 13.0 Å². The lowest BCUT2D eigenvalue weighted by atomic mass is 9.46. The molecule has 0 saturated heterocycles. The fourth-order valence-corrected chi connectivity index (χ4v) is 6.87. The second kappa shape index (κ2) is 5.35. The van der Waals surface area contributed by atoms with E-state index in [0.717, 1.165) is 24.8 Å². The van der Waals surface area contributed by atoms with Crippen LogP contribution in [0.5, 0.6) is 0 Å². The van der Waals surface area contributed by atoms with Gasteiger partial charge in [0.1, 0.15) is 11.6 Å². The van der Waals surface area contributed by atoms with Gasteiger partial charge in [0.2, 0.25) is 0 Å². The number of aliphatic hydroxyl groups excluding tert-OH is 1. The quantitative estimate of drug-likeness (QED) is 0.794.